The Morgan fingerprint density at radius 2 is 1.85 bits per heavy atom. The van der Waals surface area contributed by atoms with E-state index in [1.807, 2.05) is 36.4 Å². The fourth-order valence-corrected chi connectivity index (χ4v) is 6.82. The van der Waals surface area contributed by atoms with Gasteiger partial charge in [-0.3, -0.25) is 4.79 Å². The van der Waals surface area contributed by atoms with Gasteiger partial charge in [0.05, 0.1) is 43.2 Å². The van der Waals surface area contributed by atoms with Crippen molar-refractivity contribution in [3.63, 3.8) is 0 Å². The first-order chi connectivity index (χ1) is 19.6. The summed E-state index contributed by atoms with van der Waals surface area (Å²) < 4.78 is 16.4. The van der Waals surface area contributed by atoms with Gasteiger partial charge in [-0.2, -0.15) is 0 Å². The first-order valence-corrected chi connectivity index (χ1v) is 14.7. The molecule has 1 atom stereocenters. The summed E-state index contributed by atoms with van der Waals surface area (Å²) in [6.45, 7) is 8.84. The zero-order chi connectivity index (χ0) is 29.3. The van der Waals surface area contributed by atoms with Crippen LogP contribution < -0.4 is 14.8 Å². The zero-order valence-electron chi connectivity index (χ0n) is 24.4. The van der Waals surface area contributed by atoms with E-state index >= 15 is 0 Å². The van der Waals surface area contributed by atoms with Crippen molar-refractivity contribution in [2.75, 3.05) is 26.1 Å². The molecular formula is C33H36N2O5S. The molecule has 2 aromatic carbocycles. The lowest BCUT2D eigenvalue weighted by atomic mass is 9.72. The molecule has 0 saturated heterocycles. The number of hydrogen-bond donors (Lipinski definition) is 1. The number of benzene rings is 2. The van der Waals surface area contributed by atoms with Gasteiger partial charge in [0.2, 0.25) is 0 Å². The van der Waals surface area contributed by atoms with E-state index in [0.29, 0.717) is 50.1 Å². The van der Waals surface area contributed by atoms with Gasteiger partial charge in [-0.15, -0.1) is 11.3 Å². The van der Waals surface area contributed by atoms with Gasteiger partial charge in [0.15, 0.2) is 0 Å². The molecule has 0 spiro atoms. The average Bonchev–Trinajstić information content (AvgIpc) is 3.32. The molecular weight excluding hydrogens is 536 g/mol. The number of carbonyl (C=O) groups excluding carboxylic acids is 2. The fraction of sp³-hybridized carbons (Fsp3) is 0.364. The number of hydrogen-bond acceptors (Lipinski definition) is 7. The smallest absolute Gasteiger partial charge is 0.341 e. The first kappa shape index (κ1) is 28.6. The van der Waals surface area contributed by atoms with Gasteiger partial charge in [0, 0.05) is 21.9 Å². The molecule has 0 bridgehead atoms. The molecule has 8 heteroatoms. The Hall–Kier alpha value is -3.91. The van der Waals surface area contributed by atoms with E-state index in [0.717, 1.165) is 35.3 Å². The molecule has 1 aliphatic carbocycles. The van der Waals surface area contributed by atoms with Crippen LogP contribution in [0, 0.1) is 11.3 Å². The average molecular weight is 573 g/mol. The number of carbonyl (C=O) groups is 2. The van der Waals surface area contributed by atoms with E-state index in [-0.39, 0.29) is 17.9 Å². The topological polar surface area (TPSA) is 86.8 Å². The summed E-state index contributed by atoms with van der Waals surface area (Å²) in [5, 5.41) is 4.35. The summed E-state index contributed by atoms with van der Waals surface area (Å²) in [4.78, 5) is 33.2. The molecule has 4 aromatic rings. The standard InChI is InChI=1S/C33H36N2O5S/c1-7-40-32(37)29-23-14-12-19(33(2,3)4)16-28(23)41-31(29)35-30(36)24-18-26(34-25-11-9-8-10-21(24)25)22-15-13-20(38-5)17-27(22)39-6/h8-11,13,15,17-19H,7,12,14,16H2,1-6H3,(H,35,36)/t19-/m0/s1. The Balaban J connectivity index is 1.58. The van der Waals surface area contributed by atoms with Crippen molar-refractivity contribution < 1.29 is 23.8 Å². The Bertz CT molecular complexity index is 1620. The Kier molecular flexibility index (Phi) is 8.04. The van der Waals surface area contributed by atoms with Crippen molar-refractivity contribution in [1.82, 2.24) is 4.98 Å². The first-order valence-electron chi connectivity index (χ1n) is 13.9. The molecule has 214 valence electrons. The van der Waals surface area contributed by atoms with Crippen LogP contribution in [0.5, 0.6) is 11.5 Å². The van der Waals surface area contributed by atoms with Crippen LogP contribution >= 0.6 is 11.3 Å². The lowest BCUT2D eigenvalue weighted by Gasteiger charge is -2.33. The monoisotopic (exact) mass is 572 g/mol. The summed E-state index contributed by atoms with van der Waals surface area (Å²) in [7, 11) is 3.19. The van der Waals surface area contributed by atoms with E-state index < -0.39 is 5.97 Å². The minimum atomic E-state index is -0.391. The van der Waals surface area contributed by atoms with Crippen LogP contribution in [0.4, 0.5) is 5.00 Å². The number of methoxy groups -OCH3 is 2. The molecule has 0 unspecified atom stereocenters. The van der Waals surface area contributed by atoms with Gasteiger partial charge < -0.3 is 19.5 Å². The maximum atomic E-state index is 14.0. The summed E-state index contributed by atoms with van der Waals surface area (Å²) in [5.74, 6) is 1.04. The number of para-hydroxylation sites is 1. The van der Waals surface area contributed by atoms with Crippen LogP contribution in [0.15, 0.2) is 48.5 Å². The van der Waals surface area contributed by atoms with Gasteiger partial charge in [-0.25, -0.2) is 9.78 Å². The summed E-state index contributed by atoms with van der Waals surface area (Å²) in [6.07, 6.45) is 2.66. The van der Waals surface area contributed by atoms with E-state index in [1.54, 1.807) is 33.3 Å². The number of rotatable bonds is 7. The number of anilines is 1. The fourth-order valence-electron chi connectivity index (χ4n) is 5.51. The minimum Gasteiger partial charge on any atom is -0.497 e. The molecule has 2 heterocycles. The molecule has 7 nitrogen and oxygen atoms in total. The number of pyridine rings is 1. The SMILES string of the molecule is CCOC(=O)c1c(NC(=O)c2cc(-c3ccc(OC)cc3OC)nc3ccccc23)sc2c1CC[C@H](C(C)(C)C)C2. The number of nitrogens with zero attached hydrogens (tertiary/aromatic N) is 1. The van der Waals surface area contributed by atoms with E-state index in [1.165, 1.54) is 11.3 Å². The van der Waals surface area contributed by atoms with Crippen molar-refractivity contribution in [2.24, 2.45) is 11.3 Å². The highest BCUT2D eigenvalue weighted by Crippen LogP contribution is 2.45. The molecule has 2 aromatic heterocycles. The van der Waals surface area contributed by atoms with Gasteiger partial charge in [-0.1, -0.05) is 39.0 Å². The van der Waals surface area contributed by atoms with Gasteiger partial charge in [-0.05, 0) is 67.3 Å². The maximum Gasteiger partial charge on any atom is 0.341 e. The summed E-state index contributed by atoms with van der Waals surface area (Å²) in [6, 6.07) is 14.8. The lowest BCUT2D eigenvalue weighted by Crippen LogP contribution is -2.26. The summed E-state index contributed by atoms with van der Waals surface area (Å²) >= 11 is 1.49. The van der Waals surface area contributed by atoms with Gasteiger partial charge in [0.25, 0.3) is 5.91 Å². The molecule has 5 rings (SSSR count). The van der Waals surface area contributed by atoms with Crippen LogP contribution in [0.3, 0.4) is 0 Å². The van der Waals surface area contributed by atoms with Crippen molar-refractivity contribution >= 4 is 39.1 Å². The van der Waals surface area contributed by atoms with Crippen molar-refractivity contribution in [3.8, 4) is 22.8 Å². The second-order valence-corrected chi connectivity index (χ2v) is 12.4. The second kappa shape index (κ2) is 11.5. The van der Waals surface area contributed by atoms with Crippen LogP contribution in [0.2, 0.25) is 0 Å². The van der Waals surface area contributed by atoms with Crippen LogP contribution in [-0.2, 0) is 17.6 Å². The highest BCUT2D eigenvalue weighted by Gasteiger charge is 2.34. The lowest BCUT2D eigenvalue weighted by molar-refractivity contribution is 0.0526. The van der Waals surface area contributed by atoms with Crippen molar-refractivity contribution in [1.29, 1.82) is 0 Å². The molecule has 0 fully saturated rings. The van der Waals surface area contributed by atoms with Crippen molar-refractivity contribution in [2.45, 2.75) is 47.0 Å². The molecule has 1 N–H and O–H groups in total. The van der Waals surface area contributed by atoms with Crippen LogP contribution in [0.1, 0.15) is 65.3 Å². The molecule has 0 aliphatic heterocycles. The van der Waals surface area contributed by atoms with E-state index in [4.69, 9.17) is 19.2 Å². The molecule has 0 radical (unpaired) electrons. The second-order valence-electron chi connectivity index (χ2n) is 11.3. The van der Waals surface area contributed by atoms with Crippen LogP contribution in [-0.4, -0.2) is 37.7 Å². The van der Waals surface area contributed by atoms with E-state index in [9.17, 15) is 9.59 Å². The molecule has 41 heavy (non-hydrogen) atoms. The number of aromatic nitrogens is 1. The van der Waals surface area contributed by atoms with Crippen LogP contribution in [0.25, 0.3) is 22.2 Å². The normalized spacial score (nSPS) is 14.8. The number of ether oxygens (including phenoxy) is 3. The van der Waals surface area contributed by atoms with E-state index in [2.05, 4.69) is 26.1 Å². The quantitative estimate of drug-likeness (QED) is 0.230. The highest BCUT2D eigenvalue weighted by atomic mass is 32.1. The zero-order valence-corrected chi connectivity index (χ0v) is 25.2. The Morgan fingerprint density at radius 3 is 2.56 bits per heavy atom. The molecule has 0 saturated carbocycles. The largest absolute Gasteiger partial charge is 0.497 e. The number of nitrogens with one attached hydrogen (secondary N) is 1. The number of esters is 1. The van der Waals surface area contributed by atoms with Crippen molar-refractivity contribution in [3.05, 3.63) is 70.1 Å². The third kappa shape index (κ3) is 5.66. The van der Waals surface area contributed by atoms with Gasteiger partial charge >= 0.3 is 5.97 Å². The predicted molar refractivity (Wildman–Crippen MR) is 163 cm³/mol. The van der Waals surface area contributed by atoms with Gasteiger partial charge in [0.1, 0.15) is 16.5 Å². The number of amides is 1. The predicted octanol–water partition coefficient (Wildman–Crippen LogP) is 7.56. The minimum absolute atomic E-state index is 0.157. The third-order valence-electron chi connectivity index (χ3n) is 7.84. The molecule has 1 amide bonds. The number of fused-ring (bicyclic) bond motifs is 2. The Labute approximate surface area is 244 Å². The molecule has 1 aliphatic rings. The Morgan fingerprint density at radius 1 is 1.07 bits per heavy atom. The highest BCUT2D eigenvalue weighted by molar-refractivity contribution is 7.17. The maximum absolute atomic E-state index is 14.0. The number of thiophene rings is 1. The summed E-state index contributed by atoms with van der Waals surface area (Å²) in [5.41, 5.74) is 4.12. The third-order valence-corrected chi connectivity index (χ3v) is 9.01.